The van der Waals surface area contributed by atoms with Gasteiger partial charge in [0.2, 0.25) is 5.91 Å². The molecule has 0 aliphatic rings. The van der Waals surface area contributed by atoms with Gasteiger partial charge in [0, 0.05) is 5.57 Å². The van der Waals surface area contributed by atoms with Crippen molar-refractivity contribution in [3.8, 4) is 0 Å². The highest BCUT2D eigenvalue weighted by Crippen LogP contribution is 2.16. The molecule has 128 valence electrons. The monoisotopic (exact) mass is 315 g/mol. The lowest BCUT2D eigenvalue weighted by atomic mass is 10.0. The Labute approximate surface area is 142 Å². The normalized spacial score (nSPS) is 11.6. The van der Waals surface area contributed by atoms with Gasteiger partial charge in [-0.2, -0.15) is 0 Å². The van der Waals surface area contributed by atoms with Crippen molar-refractivity contribution in [2.24, 2.45) is 5.73 Å². The number of carbonyl (C=O) groups is 1. The predicted molar refractivity (Wildman–Crippen MR) is 100 cm³/mol. The molecule has 2 nitrogen and oxygen atoms in total. The summed E-state index contributed by atoms with van der Waals surface area (Å²) >= 11 is 0. The predicted octanol–water partition coefficient (Wildman–Crippen LogP) is 5.87. The molecule has 0 saturated heterocycles. The van der Waals surface area contributed by atoms with Gasteiger partial charge in [0.25, 0.3) is 0 Å². The average Bonchev–Trinajstić information content (AvgIpc) is 2.56. The second-order valence-corrected chi connectivity index (χ2v) is 6.32. The number of rotatable bonds is 13. The summed E-state index contributed by atoms with van der Waals surface area (Å²) in [6.45, 7) is 2.26. The van der Waals surface area contributed by atoms with E-state index >= 15 is 0 Å². The first-order valence-corrected chi connectivity index (χ1v) is 9.31. The largest absolute Gasteiger partial charge is 0.366 e. The van der Waals surface area contributed by atoms with Crippen LogP contribution in [-0.2, 0) is 4.79 Å². The maximum Gasteiger partial charge on any atom is 0.248 e. The van der Waals surface area contributed by atoms with Gasteiger partial charge in [-0.05, 0) is 18.4 Å². The van der Waals surface area contributed by atoms with Crippen LogP contribution in [0.15, 0.2) is 36.4 Å². The fraction of sp³-hybridized carbons (Fsp3) is 0.571. The Morgan fingerprint density at radius 1 is 0.870 bits per heavy atom. The molecule has 1 aromatic carbocycles. The van der Waals surface area contributed by atoms with E-state index in [-0.39, 0.29) is 5.91 Å². The smallest absolute Gasteiger partial charge is 0.248 e. The molecule has 0 unspecified atom stereocenters. The highest BCUT2D eigenvalue weighted by Gasteiger charge is 2.06. The molecule has 1 aromatic rings. The number of hydrogen-bond acceptors (Lipinski definition) is 1. The summed E-state index contributed by atoms with van der Waals surface area (Å²) in [6, 6.07) is 9.70. The first-order chi connectivity index (χ1) is 11.3. The third-order valence-corrected chi connectivity index (χ3v) is 4.26. The van der Waals surface area contributed by atoms with E-state index in [2.05, 4.69) is 6.92 Å². The average molecular weight is 316 g/mol. The van der Waals surface area contributed by atoms with Crippen molar-refractivity contribution in [1.29, 1.82) is 0 Å². The molecular formula is C21H33NO. The maximum absolute atomic E-state index is 11.6. The third kappa shape index (κ3) is 9.22. The van der Waals surface area contributed by atoms with E-state index in [1.165, 1.54) is 57.8 Å². The second kappa shape index (κ2) is 12.9. The van der Waals surface area contributed by atoms with E-state index in [9.17, 15) is 4.79 Å². The van der Waals surface area contributed by atoms with Crippen molar-refractivity contribution in [3.63, 3.8) is 0 Å². The van der Waals surface area contributed by atoms with E-state index in [0.29, 0.717) is 5.57 Å². The van der Waals surface area contributed by atoms with Crippen LogP contribution in [0.5, 0.6) is 0 Å². The lowest BCUT2D eigenvalue weighted by Crippen LogP contribution is -2.12. The van der Waals surface area contributed by atoms with Crippen LogP contribution in [0.4, 0.5) is 0 Å². The molecular weight excluding hydrogens is 282 g/mol. The molecule has 0 aliphatic carbocycles. The molecule has 0 spiro atoms. The van der Waals surface area contributed by atoms with Crippen LogP contribution in [0, 0.1) is 0 Å². The Kier molecular flexibility index (Phi) is 10.9. The fourth-order valence-corrected chi connectivity index (χ4v) is 2.86. The van der Waals surface area contributed by atoms with Gasteiger partial charge in [-0.25, -0.2) is 0 Å². The number of unbranched alkanes of at least 4 members (excludes halogenated alkanes) is 10. The minimum Gasteiger partial charge on any atom is -0.366 e. The van der Waals surface area contributed by atoms with Gasteiger partial charge in [-0.15, -0.1) is 0 Å². The van der Waals surface area contributed by atoms with Gasteiger partial charge in [-0.1, -0.05) is 101 Å². The minimum absolute atomic E-state index is 0.330. The topological polar surface area (TPSA) is 43.1 Å². The van der Waals surface area contributed by atoms with Crippen LogP contribution in [-0.4, -0.2) is 5.91 Å². The molecule has 0 fully saturated rings. The fourth-order valence-electron chi connectivity index (χ4n) is 2.86. The second-order valence-electron chi connectivity index (χ2n) is 6.32. The van der Waals surface area contributed by atoms with Crippen LogP contribution < -0.4 is 5.73 Å². The van der Waals surface area contributed by atoms with Crippen LogP contribution in [0.3, 0.4) is 0 Å². The first kappa shape index (κ1) is 19.5. The summed E-state index contributed by atoms with van der Waals surface area (Å²) in [5.41, 5.74) is 7.07. The number of hydrogen-bond donors (Lipinski definition) is 1. The van der Waals surface area contributed by atoms with Gasteiger partial charge in [-0.3, -0.25) is 4.79 Å². The number of amides is 1. The molecule has 0 saturated carbocycles. The minimum atomic E-state index is -0.330. The molecule has 0 bridgehead atoms. The summed E-state index contributed by atoms with van der Waals surface area (Å²) in [6.07, 6.45) is 16.2. The molecule has 2 N–H and O–H groups in total. The molecule has 0 atom stereocenters. The van der Waals surface area contributed by atoms with E-state index in [1.807, 2.05) is 36.4 Å². The standard InChI is InChI=1S/C21H33NO/c1-2-3-4-5-6-7-8-9-10-11-15-18-20(21(22)23)19-16-13-12-14-17-19/h12-14,16-18H,2-11,15H2,1H3,(H2,22,23). The number of benzene rings is 1. The van der Waals surface area contributed by atoms with Gasteiger partial charge in [0.1, 0.15) is 0 Å². The van der Waals surface area contributed by atoms with Crippen molar-refractivity contribution in [2.45, 2.75) is 77.6 Å². The lowest BCUT2D eigenvalue weighted by Gasteiger charge is -2.04. The van der Waals surface area contributed by atoms with E-state index in [4.69, 9.17) is 5.73 Å². The van der Waals surface area contributed by atoms with E-state index < -0.39 is 0 Å². The van der Waals surface area contributed by atoms with Crippen molar-refractivity contribution < 1.29 is 4.79 Å². The molecule has 1 amide bonds. The van der Waals surface area contributed by atoms with Crippen molar-refractivity contribution in [2.75, 3.05) is 0 Å². The van der Waals surface area contributed by atoms with E-state index in [1.54, 1.807) is 0 Å². The van der Waals surface area contributed by atoms with Gasteiger partial charge >= 0.3 is 0 Å². The summed E-state index contributed by atoms with van der Waals surface area (Å²) in [4.78, 5) is 11.6. The van der Waals surface area contributed by atoms with Crippen LogP contribution in [0.2, 0.25) is 0 Å². The maximum atomic E-state index is 11.6. The van der Waals surface area contributed by atoms with Gasteiger partial charge < -0.3 is 5.73 Å². The Hall–Kier alpha value is -1.57. The Morgan fingerprint density at radius 3 is 1.91 bits per heavy atom. The molecule has 0 radical (unpaired) electrons. The summed E-state index contributed by atoms with van der Waals surface area (Å²) in [5, 5.41) is 0. The Balaban J connectivity index is 2.13. The SMILES string of the molecule is CCCCCCCCCCCCC=C(C(N)=O)c1ccccc1. The summed E-state index contributed by atoms with van der Waals surface area (Å²) in [5.74, 6) is -0.330. The number of allylic oxidation sites excluding steroid dienone is 1. The first-order valence-electron chi connectivity index (χ1n) is 9.31. The highest BCUT2D eigenvalue weighted by molar-refractivity contribution is 6.18. The van der Waals surface area contributed by atoms with E-state index in [0.717, 1.165) is 18.4 Å². The van der Waals surface area contributed by atoms with Crippen molar-refractivity contribution >= 4 is 11.5 Å². The van der Waals surface area contributed by atoms with Gasteiger partial charge in [0.05, 0.1) is 0 Å². The molecule has 2 heteroatoms. The van der Waals surface area contributed by atoms with Crippen LogP contribution >= 0.6 is 0 Å². The molecule has 1 rings (SSSR count). The van der Waals surface area contributed by atoms with Crippen LogP contribution in [0.1, 0.15) is 83.1 Å². The van der Waals surface area contributed by atoms with Gasteiger partial charge in [0.15, 0.2) is 0 Å². The Bertz CT molecular complexity index is 450. The molecule has 0 aromatic heterocycles. The van der Waals surface area contributed by atoms with Crippen molar-refractivity contribution in [1.82, 2.24) is 0 Å². The third-order valence-electron chi connectivity index (χ3n) is 4.26. The van der Waals surface area contributed by atoms with Crippen LogP contribution in [0.25, 0.3) is 5.57 Å². The Morgan fingerprint density at radius 2 is 1.39 bits per heavy atom. The quantitative estimate of drug-likeness (QED) is 0.359. The lowest BCUT2D eigenvalue weighted by molar-refractivity contribution is -0.112. The zero-order valence-electron chi connectivity index (χ0n) is 14.7. The number of nitrogens with two attached hydrogens (primary N) is 1. The molecule has 0 aliphatic heterocycles. The molecule has 0 heterocycles. The number of primary amides is 1. The van der Waals surface area contributed by atoms with Crippen molar-refractivity contribution in [3.05, 3.63) is 42.0 Å². The summed E-state index contributed by atoms with van der Waals surface area (Å²) < 4.78 is 0. The zero-order chi connectivity index (χ0) is 16.8. The summed E-state index contributed by atoms with van der Waals surface area (Å²) in [7, 11) is 0. The highest BCUT2D eigenvalue weighted by atomic mass is 16.1. The number of carbonyl (C=O) groups excluding carboxylic acids is 1. The zero-order valence-corrected chi connectivity index (χ0v) is 14.7. The molecule has 23 heavy (non-hydrogen) atoms.